The zero-order valence-corrected chi connectivity index (χ0v) is 12.6. The molecular formula is C14H23N3O2. The molecule has 1 aliphatic rings. The van der Waals surface area contributed by atoms with Crippen molar-refractivity contribution in [2.24, 2.45) is 16.7 Å². The first-order valence-electron chi connectivity index (χ1n) is 6.80. The SMILES string of the molecule is CCOC(=O)c1nnc(C)n1CC1C(C)(C)C1(C)C. The van der Waals surface area contributed by atoms with Crippen molar-refractivity contribution in [3.63, 3.8) is 0 Å². The van der Waals surface area contributed by atoms with E-state index >= 15 is 0 Å². The van der Waals surface area contributed by atoms with Gasteiger partial charge in [-0.1, -0.05) is 27.7 Å². The van der Waals surface area contributed by atoms with Crippen molar-refractivity contribution >= 4 is 5.97 Å². The minimum absolute atomic E-state index is 0.273. The molecule has 0 radical (unpaired) electrons. The summed E-state index contributed by atoms with van der Waals surface area (Å²) in [5.74, 6) is 1.21. The molecule has 5 heteroatoms. The third-order valence-electron chi connectivity index (χ3n) is 5.08. The molecule has 0 bridgehead atoms. The lowest BCUT2D eigenvalue weighted by atomic mass is 10.0. The smallest absolute Gasteiger partial charge is 0.376 e. The number of esters is 1. The molecule has 0 N–H and O–H groups in total. The number of ether oxygens (including phenoxy) is 1. The number of carbonyl (C=O) groups is 1. The molecule has 1 saturated carbocycles. The molecule has 5 nitrogen and oxygen atoms in total. The Bertz CT molecular complexity index is 489. The molecule has 1 aromatic heterocycles. The van der Waals surface area contributed by atoms with Gasteiger partial charge in [-0.25, -0.2) is 4.79 Å². The summed E-state index contributed by atoms with van der Waals surface area (Å²) in [4.78, 5) is 11.9. The summed E-state index contributed by atoms with van der Waals surface area (Å²) < 4.78 is 6.91. The molecule has 0 unspecified atom stereocenters. The van der Waals surface area contributed by atoms with Crippen molar-refractivity contribution in [3.8, 4) is 0 Å². The largest absolute Gasteiger partial charge is 0.460 e. The standard InChI is InChI=1S/C14H23N3O2/c1-7-19-12(18)11-16-15-9(2)17(11)8-10-13(3,4)14(10,5)6/h10H,7-8H2,1-6H3. The minimum Gasteiger partial charge on any atom is -0.460 e. The van der Waals surface area contributed by atoms with E-state index in [1.165, 1.54) is 0 Å². The van der Waals surface area contributed by atoms with E-state index in [1.54, 1.807) is 6.92 Å². The van der Waals surface area contributed by atoms with Gasteiger partial charge in [-0.15, -0.1) is 10.2 Å². The molecule has 0 amide bonds. The zero-order valence-electron chi connectivity index (χ0n) is 12.6. The maximum absolute atomic E-state index is 11.9. The highest BCUT2D eigenvalue weighted by Crippen LogP contribution is 2.68. The Morgan fingerprint density at radius 3 is 2.32 bits per heavy atom. The number of hydrogen-bond acceptors (Lipinski definition) is 4. The average Bonchev–Trinajstić information content (AvgIpc) is 2.62. The molecule has 1 aliphatic carbocycles. The predicted molar refractivity (Wildman–Crippen MR) is 71.8 cm³/mol. The van der Waals surface area contributed by atoms with Crippen LogP contribution in [0.5, 0.6) is 0 Å². The fourth-order valence-electron chi connectivity index (χ4n) is 2.92. The molecule has 19 heavy (non-hydrogen) atoms. The van der Waals surface area contributed by atoms with Gasteiger partial charge in [-0.05, 0) is 30.6 Å². The summed E-state index contributed by atoms with van der Waals surface area (Å²) >= 11 is 0. The van der Waals surface area contributed by atoms with Crippen LogP contribution in [0.15, 0.2) is 0 Å². The van der Waals surface area contributed by atoms with E-state index in [4.69, 9.17) is 4.74 Å². The lowest BCUT2D eigenvalue weighted by molar-refractivity contribution is 0.0504. The van der Waals surface area contributed by atoms with Crippen LogP contribution in [-0.2, 0) is 11.3 Å². The van der Waals surface area contributed by atoms with Gasteiger partial charge in [0.25, 0.3) is 0 Å². The lowest BCUT2D eigenvalue weighted by Gasteiger charge is -2.09. The molecule has 0 spiro atoms. The first-order chi connectivity index (χ1) is 8.73. The number of aryl methyl sites for hydroxylation is 1. The van der Waals surface area contributed by atoms with E-state index in [2.05, 4.69) is 37.9 Å². The van der Waals surface area contributed by atoms with Gasteiger partial charge < -0.3 is 9.30 Å². The van der Waals surface area contributed by atoms with Crippen molar-refractivity contribution in [2.45, 2.75) is 48.1 Å². The van der Waals surface area contributed by atoms with E-state index in [0.29, 0.717) is 18.3 Å². The molecule has 1 fully saturated rings. The monoisotopic (exact) mass is 265 g/mol. The van der Waals surface area contributed by atoms with Crippen LogP contribution in [-0.4, -0.2) is 27.3 Å². The third kappa shape index (κ3) is 2.05. The van der Waals surface area contributed by atoms with Crippen LogP contribution in [0.25, 0.3) is 0 Å². The highest BCUT2D eigenvalue weighted by molar-refractivity contribution is 5.85. The Morgan fingerprint density at radius 1 is 1.26 bits per heavy atom. The van der Waals surface area contributed by atoms with E-state index in [1.807, 2.05) is 11.5 Å². The normalized spacial score (nSPS) is 20.3. The molecule has 0 aliphatic heterocycles. The van der Waals surface area contributed by atoms with Gasteiger partial charge >= 0.3 is 5.97 Å². The van der Waals surface area contributed by atoms with Crippen LogP contribution >= 0.6 is 0 Å². The van der Waals surface area contributed by atoms with E-state index in [9.17, 15) is 4.79 Å². The Kier molecular flexibility index (Phi) is 3.19. The van der Waals surface area contributed by atoms with Crippen molar-refractivity contribution in [2.75, 3.05) is 6.61 Å². The van der Waals surface area contributed by atoms with Gasteiger partial charge in [-0.3, -0.25) is 0 Å². The summed E-state index contributed by atoms with van der Waals surface area (Å²) in [5.41, 5.74) is 0.547. The topological polar surface area (TPSA) is 57.0 Å². The molecule has 0 aromatic carbocycles. The third-order valence-corrected chi connectivity index (χ3v) is 5.08. The van der Waals surface area contributed by atoms with Gasteiger partial charge in [0.05, 0.1) is 6.61 Å². The van der Waals surface area contributed by atoms with E-state index in [-0.39, 0.29) is 16.8 Å². The summed E-state index contributed by atoms with van der Waals surface area (Å²) in [7, 11) is 0. The fraction of sp³-hybridized carbons (Fsp3) is 0.786. The number of hydrogen-bond donors (Lipinski definition) is 0. The van der Waals surface area contributed by atoms with Crippen molar-refractivity contribution < 1.29 is 9.53 Å². The van der Waals surface area contributed by atoms with Crippen LogP contribution in [0.4, 0.5) is 0 Å². The first-order valence-corrected chi connectivity index (χ1v) is 6.80. The molecule has 0 saturated heterocycles. The number of rotatable bonds is 4. The Morgan fingerprint density at radius 2 is 1.84 bits per heavy atom. The van der Waals surface area contributed by atoms with Gasteiger partial charge in [0.1, 0.15) is 5.82 Å². The molecule has 2 rings (SSSR count). The zero-order chi connectivity index (χ0) is 14.4. The van der Waals surface area contributed by atoms with Crippen LogP contribution < -0.4 is 0 Å². The quantitative estimate of drug-likeness (QED) is 0.785. The van der Waals surface area contributed by atoms with Crippen LogP contribution in [0.2, 0.25) is 0 Å². The van der Waals surface area contributed by atoms with Crippen LogP contribution in [0.1, 0.15) is 51.1 Å². The van der Waals surface area contributed by atoms with Crippen molar-refractivity contribution in [1.29, 1.82) is 0 Å². The van der Waals surface area contributed by atoms with Gasteiger partial charge in [0, 0.05) is 6.54 Å². The number of aromatic nitrogens is 3. The van der Waals surface area contributed by atoms with Gasteiger partial charge in [-0.2, -0.15) is 0 Å². The van der Waals surface area contributed by atoms with E-state index in [0.717, 1.165) is 12.4 Å². The lowest BCUT2D eigenvalue weighted by Crippen LogP contribution is -2.16. The molecular weight excluding hydrogens is 242 g/mol. The maximum atomic E-state index is 11.9. The van der Waals surface area contributed by atoms with Crippen molar-refractivity contribution in [3.05, 3.63) is 11.6 Å². The first kappa shape index (κ1) is 14.0. The molecule has 1 heterocycles. The summed E-state index contributed by atoms with van der Waals surface area (Å²) in [5, 5.41) is 7.96. The maximum Gasteiger partial charge on any atom is 0.376 e. The highest BCUT2D eigenvalue weighted by Gasteiger charge is 2.64. The van der Waals surface area contributed by atoms with Crippen molar-refractivity contribution in [1.82, 2.24) is 14.8 Å². The van der Waals surface area contributed by atoms with E-state index < -0.39 is 0 Å². The summed E-state index contributed by atoms with van der Waals surface area (Å²) in [6.45, 7) is 13.8. The fourth-order valence-corrected chi connectivity index (χ4v) is 2.92. The number of nitrogens with zero attached hydrogens (tertiary/aromatic N) is 3. The molecule has 0 atom stereocenters. The van der Waals surface area contributed by atoms with Crippen LogP contribution in [0.3, 0.4) is 0 Å². The second-order valence-electron chi connectivity index (χ2n) is 6.40. The average molecular weight is 265 g/mol. The predicted octanol–water partition coefficient (Wildman–Crippen LogP) is 2.45. The van der Waals surface area contributed by atoms with Crippen LogP contribution in [0, 0.1) is 23.7 Å². The Balaban J connectivity index is 2.22. The molecule has 1 aromatic rings. The van der Waals surface area contributed by atoms with Gasteiger partial charge in [0.15, 0.2) is 0 Å². The number of carbonyl (C=O) groups excluding carboxylic acids is 1. The Labute approximate surface area is 114 Å². The summed E-state index contributed by atoms with van der Waals surface area (Å²) in [6, 6.07) is 0. The highest BCUT2D eigenvalue weighted by atomic mass is 16.5. The minimum atomic E-state index is -0.389. The summed E-state index contributed by atoms with van der Waals surface area (Å²) in [6.07, 6.45) is 0. The second-order valence-corrected chi connectivity index (χ2v) is 6.40. The second kappa shape index (κ2) is 4.32. The Hall–Kier alpha value is -1.39. The molecule has 106 valence electrons. The van der Waals surface area contributed by atoms with Gasteiger partial charge in [0.2, 0.25) is 5.82 Å².